The summed E-state index contributed by atoms with van der Waals surface area (Å²) in [6, 6.07) is 6.05. The summed E-state index contributed by atoms with van der Waals surface area (Å²) in [4.78, 5) is 56.3. The lowest BCUT2D eigenvalue weighted by Crippen LogP contribution is -2.19. The lowest BCUT2D eigenvalue weighted by molar-refractivity contribution is -0.141. The molecule has 0 aromatic carbocycles. The van der Waals surface area contributed by atoms with Gasteiger partial charge in [-0.25, -0.2) is 4.98 Å². The molecule has 5 heterocycles. The van der Waals surface area contributed by atoms with Crippen molar-refractivity contribution in [3.8, 4) is 0 Å². The second-order valence-corrected chi connectivity index (χ2v) is 12.1. The number of carbonyl (C=O) groups is 3. The number of methoxy groups -OCH3 is 2. The van der Waals surface area contributed by atoms with E-state index in [0.717, 1.165) is 56.8 Å². The quantitative estimate of drug-likeness (QED) is 0.230. The summed E-state index contributed by atoms with van der Waals surface area (Å²) in [5.41, 5.74) is 11.8. The zero-order chi connectivity index (χ0) is 34.2. The van der Waals surface area contributed by atoms with Gasteiger partial charge in [-0.05, 0) is 74.1 Å². The van der Waals surface area contributed by atoms with Crippen molar-refractivity contribution in [2.75, 3.05) is 21.3 Å². The van der Waals surface area contributed by atoms with Gasteiger partial charge in [0, 0.05) is 58.7 Å². The molecule has 2 atom stereocenters. The van der Waals surface area contributed by atoms with Crippen molar-refractivity contribution in [3.63, 3.8) is 0 Å². The number of hydrogen-bond acceptors (Lipinski definition) is 7. The lowest BCUT2D eigenvalue weighted by atomic mass is 9.85. The number of amides is 1. The van der Waals surface area contributed by atoms with Gasteiger partial charge in [0.05, 0.1) is 48.8 Å². The van der Waals surface area contributed by atoms with E-state index in [4.69, 9.17) is 19.4 Å². The number of allylic oxidation sites excluding steroid dienone is 2. The number of aromatic amines is 2. The van der Waals surface area contributed by atoms with E-state index in [1.165, 1.54) is 14.2 Å². The molecule has 3 aromatic rings. The highest BCUT2D eigenvalue weighted by Gasteiger charge is 2.33. The van der Waals surface area contributed by atoms with Gasteiger partial charge in [0.25, 0.3) is 5.91 Å². The number of aromatic nitrogens is 4. The third kappa shape index (κ3) is 6.00. The van der Waals surface area contributed by atoms with Crippen LogP contribution in [-0.2, 0) is 25.5 Å². The van der Waals surface area contributed by atoms with E-state index in [1.807, 2.05) is 32.1 Å². The summed E-state index contributed by atoms with van der Waals surface area (Å²) in [7, 11) is 4.28. The Labute approximate surface area is 274 Å². The molecule has 3 aromatic heterocycles. The SMILES string of the molecule is C=Cc1c(C)c2cc3nc(c(CC(=O)OC)c4[nH]c(cc5nc(cc1[nH]2)C(C)=C5CC)c(C)c4C(=O)NC)C(CCC(=O)OC)C3C. The number of nitrogens with one attached hydrogen (secondary N) is 3. The van der Waals surface area contributed by atoms with Gasteiger partial charge in [0.2, 0.25) is 0 Å². The molecule has 2 aliphatic heterocycles. The highest BCUT2D eigenvalue weighted by molar-refractivity contribution is 6.06. The summed E-state index contributed by atoms with van der Waals surface area (Å²) < 4.78 is 10.1. The Balaban J connectivity index is 2.03. The van der Waals surface area contributed by atoms with Crippen molar-refractivity contribution in [1.82, 2.24) is 25.3 Å². The summed E-state index contributed by atoms with van der Waals surface area (Å²) in [5, 5.41) is 2.77. The zero-order valence-electron chi connectivity index (χ0n) is 28.4. The topological polar surface area (TPSA) is 139 Å². The van der Waals surface area contributed by atoms with E-state index in [2.05, 4.69) is 48.7 Å². The predicted molar refractivity (Wildman–Crippen MR) is 185 cm³/mol. The van der Waals surface area contributed by atoms with Gasteiger partial charge < -0.3 is 24.8 Å². The van der Waals surface area contributed by atoms with E-state index < -0.39 is 5.97 Å². The fourth-order valence-electron chi connectivity index (χ4n) is 6.83. The number of rotatable bonds is 8. The first-order valence-corrected chi connectivity index (χ1v) is 15.9. The minimum Gasteiger partial charge on any atom is -0.469 e. The first-order valence-electron chi connectivity index (χ1n) is 15.9. The van der Waals surface area contributed by atoms with Crippen LogP contribution < -0.4 is 5.32 Å². The predicted octanol–water partition coefficient (Wildman–Crippen LogP) is 6.83. The molecule has 10 nitrogen and oxygen atoms in total. The molecule has 0 spiro atoms. The number of esters is 2. The summed E-state index contributed by atoms with van der Waals surface area (Å²) >= 11 is 0. The molecule has 0 fully saturated rings. The van der Waals surface area contributed by atoms with E-state index in [0.29, 0.717) is 39.8 Å². The summed E-state index contributed by atoms with van der Waals surface area (Å²) in [6.07, 6.45) is 3.08. The normalized spacial score (nSPS) is 15.8. The van der Waals surface area contributed by atoms with Gasteiger partial charge in [-0.15, -0.1) is 0 Å². The van der Waals surface area contributed by atoms with E-state index in [-0.39, 0.29) is 36.6 Å². The largest absolute Gasteiger partial charge is 0.469 e. The monoisotopic (exact) mass is 637 g/mol. The number of H-pyrrole nitrogens is 2. The molecule has 47 heavy (non-hydrogen) atoms. The van der Waals surface area contributed by atoms with Crippen LogP contribution in [0.5, 0.6) is 0 Å². The number of carbonyl (C=O) groups excluding carboxylic acids is 3. The molecule has 2 aliphatic rings. The second-order valence-electron chi connectivity index (χ2n) is 12.1. The van der Waals surface area contributed by atoms with Gasteiger partial charge in [0.15, 0.2) is 0 Å². The van der Waals surface area contributed by atoms with Crippen LogP contribution in [0.2, 0.25) is 0 Å². The van der Waals surface area contributed by atoms with Crippen LogP contribution >= 0.6 is 0 Å². The first-order chi connectivity index (χ1) is 22.5. The van der Waals surface area contributed by atoms with Gasteiger partial charge >= 0.3 is 11.9 Å². The number of fused-ring (bicyclic) bond motifs is 8. The van der Waals surface area contributed by atoms with Gasteiger partial charge in [-0.2, -0.15) is 0 Å². The fourth-order valence-corrected chi connectivity index (χ4v) is 6.83. The van der Waals surface area contributed by atoms with Crippen molar-refractivity contribution in [2.24, 2.45) is 0 Å². The van der Waals surface area contributed by atoms with Crippen LogP contribution in [0.3, 0.4) is 0 Å². The summed E-state index contributed by atoms with van der Waals surface area (Å²) in [5.74, 6) is -1.49. The molecular weight excluding hydrogens is 594 g/mol. The molecule has 3 N–H and O–H groups in total. The Morgan fingerprint density at radius 2 is 1.64 bits per heavy atom. The average Bonchev–Trinajstić information content (AvgIpc) is 3.74. The van der Waals surface area contributed by atoms with Crippen LogP contribution in [0.4, 0.5) is 0 Å². The molecule has 0 saturated heterocycles. The van der Waals surface area contributed by atoms with Crippen molar-refractivity contribution in [1.29, 1.82) is 0 Å². The van der Waals surface area contributed by atoms with Crippen LogP contribution in [0.25, 0.3) is 39.3 Å². The average molecular weight is 638 g/mol. The van der Waals surface area contributed by atoms with Crippen LogP contribution in [0.15, 0.2) is 24.8 Å². The molecule has 246 valence electrons. The third-order valence-corrected chi connectivity index (χ3v) is 9.63. The minimum atomic E-state index is -0.475. The Morgan fingerprint density at radius 3 is 2.28 bits per heavy atom. The Kier molecular flexibility index (Phi) is 9.51. The Hall–Kier alpha value is -4.99. The van der Waals surface area contributed by atoms with Crippen LogP contribution in [0, 0.1) is 13.8 Å². The van der Waals surface area contributed by atoms with Crippen molar-refractivity contribution >= 4 is 57.1 Å². The van der Waals surface area contributed by atoms with Crippen molar-refractivity contribution in [2.45, 2.75) is 72.1 Å². The molecule has 5 rings (SSSR count). The number of nitrogens with zero attached hydrogens (tertiary/aromatic N) is 2. The Bertz CT molecular complexity index is 2000. The molecule has 0 aliphatic carbocycles. The fraction of sp³-hybridized carbons (Fsp3) is 0.378. The highest BCUT2D eigenvalue weighted by atomic mass is 16.5. The van der Waals surface area contributed by atoms with Gasteiger partial charge in [-0.3, -0.25) is 19.4 Å². The van der Waals surface area contributed by atoms with Gasteiger partial charge in [-0.1, -0.05) is 26.5 Å². The third-order valence-electron chi connectivity index (χ3n) is 9.63. The maximum atomic E-state index is 13.5. The van der Waals surface area contributed by atoms with E-state index in [9.17, 15) is 14.4 Å². The zero-order valence-corrected chi connectivity index (χ0v) is 28.4. The Morgan fingerprint density at radius 1 is 0.957 bits per heavy atom. The molecule has 1 amide bonds. The number of ether oxygens (including phenoxy) is 2. The molecular formula is C37H43N5O5. The first kappa shape index (κ1) is 33.4. The van der Waals surface area contributed by atoms with E-state index in [1.54, 1.807) is 7.05 Å². The van der Waals surface area contributed by atoms with Crippen molar-refractivity contribution < 1.29 is 23.9 Å². The minimum absolute atomic E-state index is 0.126. The van der Waals surface area contributed by atoms with Gasteiger partial charge in [0.1, 0.15) is 0 Å². The lowest BCUT2D eigenvalue weighted by Gasteiger charge is -2.18. The molecule has 0 radical (unpaired) electrons. The molecule has 8 bridgehead atoms. The van der Waals surface area contributed by atoms with Crippen LogP contribution in [-0.4, -0.2) is 59.0 Å². The van der Waals surface area contributed by atoms with Crippen LogP contribution in [0.1, 0.15) is 107 Å². The van der Waals surface area contributed by atoms with Crippen molar-refractivity contribution in [3.05, 3.63) is 75.4 Å². The highest BCUT2D eigenvalue weighted by Crippen LogP contribution is 2.43. The molecule has 0 saturated carbocycles. The maximum Gasteiger partial charge on any atom is 0.310 e. The maximum absolute atomic E-state index is 13.5. The summed E-state index contributed by atoms with van der Waals surface area (Å²) in [6.45, 7) is 14.3. The number of aryl methyl sites for hydroxylation is 2. The smallest absolute Gasteiger partial charge is 0.310 e. The molecule has 2 unspecified atom stereocenters. The second kappa shape index (κ2) is 13.4. The standard InChI is InChI=1S/C37H43N5O5/c1-10-22-18(3)26-15-28-20(5)24(12-13-32(43)46-8)35(41-28)25(14-33(44)47-9)36-34(37(45)38-7)21(6)29(42-36)17-31-23(11-2)19(4)27(40-31)16-30(22)39-26/h10,15-17,20,24,39,42H,1,11-14H2,2-9H3,(H,38,45). The van der Waals surface area contributed by atoms with E-state index >= 15 is 0 Å². The number of hydrogen-bond donors (Lipinski definition) is 3. The molecule has 10 heteroatoms.